The van der Waals surface area contributed by atoms with Crippen molar-refractivity contribution in [3.8, 4) is 0 Å². The summed E-state index contributed by atoms with van der Waals surface area (Å²) in [5, 5.41) is 10.2. The van der Waals surface area contributed by atoms with Crippen LogP contribution in [0.5, 0.6) is 0 Å². The Bertz CT molecular complexity index is 711. The molecule has 21 heavy (non-hydrogen) atoms. The maximum atomic E-state index is 11.1. The van der Waals surface area contributed by atoms with Crippen molar-refractivity contribution >= 4 is 45.1 Å². The molecule has 0 fully saturated rings. The smallest absolute Gasteiger partial charge is 0.343 e. The Balaban J connectivity index is 2.03. The van der Waals surface area contributed by atoms with E-state index in [-0.39, 0.29) is 0 Å². The van der Waals surface area contributed by atoms with Crippen LogP contribution in [0.2, 0.25) is 0 Å². The average Bonchev–Trinajstić information content (AvgIpc) is 2.90. The third-order valence-electron chi connectivity index (χ3n) is 3.20. The molecule has 0 saturated carbocycles. The van der Waals surface area contributed by atoms with E-state index in [4.69, 9.17) is 5.11 Å². The third-order valence-corrected chi connectivity index (χ3v) is 5.28. The molecule has 0 aromatic carbocycles. The first-order valence-electron chi connectivity index (χ1n) is 6.77. The van der Waals surface area contributed by atoms with Gasteiger partial charge in [-0.15, -0.1) is 23.1 Å². The molecule has 0 atom stereocenters. The van der Waals surface area contributed by atoms with Crippen LogP contribution in [0.3, 0.4) is 0 Å². The number of hydrogen-bond acceptors (Lipinski definition) is 6. The molecule has 2 aromatic heterocycles. The Morgan fingerprint density at radius 1 is 1.48 bits per heavy atom. The number of thiophene rings is 1. The van der Waals surface area contributed by atoms with Gasteiger partial charge in [0.05, 0.1) is 5.39 Å². The third kappa shape index (κ3) is 2.89. The van der Waals surface area contributed by atoms with Crippen LogP contribution in [-0.2, 0) is 11.2 Å². The summed E-state index contributed by atoms with van der Waals surface area (Å²) < 4.78 is 0. The maximum absolute atomic E-state index is 11.1. The van der Waals surface area contributed by atoms with Gasteiger partial charge in [-0.1, -0.05) is 13.3 Å². The summed E-state index contributed by atoms with van der Waals surface area (Å²) in [6.07, 6.45) is 5.36. The van der Waals surface area contributed by atoms with Crippen molar-refractivity contribution < 1.29 is 9.90 Å². The molecule has 3 rings (SSSR count). The van der Waals surface area contributed by atoms with Crippen molar-refractivity contribution in [2.75, 3.05) is 17.2 Å². The van der Waals surface area contributed by atoms with E-state index >= 15 is 0 Å². The minimum absolute atomic E-state index is 0.358. The first-order valence-corrected chi connectivity index (χ1v) is 8.57. The van der Waals surface area contributed by atoms with Crippen LogP contribution in [0.4, 0.5) is 5.82 Å². The number of carboxylic acid groups (broad SMARTS) is 1. The summed E-state index contributed by atoms with van der Waals surface area (Å²) in [5.74, 6) is 0.667. The normalized spacial score (nSPS) is 15.3. The van der Waals surface area contributed by atoms with E-state index in [2.05, 4.69) is 23.0 Å². The van der Waals surface area contributed by atoms with Gasteiger partial charge in [-0.25, -0.2) is 14.8 Å². The van der Waals surface area contributed by atoms with E-state index in [0.717, 1.165) is 41.2 Å². The Morgan fingerprint density at radius 3 is 3.10 bits per heavy atom. The molecule has 0 spiro atoms. The lowest BCUT2D eigenvalue weighted by atomic mass is 10.2. The highest BCUT2D eigenvalue weighted by Gasteiger charge is 2.20. The zero-order valence-electron chi connectivity index (χ0n) is 11.6. The van der Waals surface area contributed by atoms with Crippen LogP contribution in [0.1, 0.15) is 18.2 Å². The number of fused-ring (bicyclic) bond motifs is 1. The standard InChI is InChI=1S/C14H15N3O2S2/c1-2-3-9-6-10-12(15-8-16-13(10)21-9)17-4-5-20-11(7-17)14(18)19/h6-8H,2-5H2,1H3,(H,18,19). The zero-order chi connectivity index (χ0) is 14.8. The fourth-order valence-electron chi connectivity index (χ4n) is 2.27. The van der Waals surface area contributed by atoms with Crippen molar-refractivity contribution in [1.29, 1.82) is 0 Å². The van der Waals surface area contributed by atoms with Crippen molar-refractivity contribution in [2.45, 2.75) is 19.8 Å². The quantitative estimate of drug-likeness (QED) is 0.933. The Labute approximate surface area is 130 Å². The fourth-order valence-corrected chi connectivity index (χ4v) is 4.20. The molecule has 0 aliphatic carbocycles. The summed E-state index contributed by atoms with van der Waals surface area (Å²) in [4.78, 5) is 24.4. The lowest BCUT2D eigenvalue weighted by Crippen LogP contribution is -2.25. The highest BCUT2D eigenvalue weighted by atomic mass is 32.2. The fraction of sp³-hybridized carbons (Fsp3) is 0.357. The number of anilines is 1. The van der Waals surface area contributed by atoms with E-state index in [1.54, 1.807) is 23.9 Å². The predicted octanol–water partition coefficient (Wildman–Crippen LogP) is 3.12. The van der Waals surface area contributed by atoms with Gasteiger partial charge in [0, 0.05) is 23.4 Å². The number of aliphatic carboxylic acids is 1. The lowest BCUT2D eigenvalue weighted by Gasteiger charge is -2.24. The Hall–Kier alpha value is -1.60. The minimum atomic E-state index is -0.882. The second-order valence-electron chi connectivity index (χ2n) is 4.72. The van der Waals surface area contributed by atoms with Crippen LogP contribution in [0, 0.1) is 0 Å². The molecule has 3 heterocycles. The van der Waals surface area contributed by atoms with Crippen LogP contribution in [0.25, 0.3) is 10.2 Å². The number of thioether (sulfide) groups is 1. The lowest BCUT2D eigenvalue weighted by molar-refractivity contribution is -0.131. The monoisotopic (exact) mass is 321 g/mol. The van der Waals surface area contributed by atoms with Crippen molar-refractivity contribution in [3.05, 3.63) is 28.4 Å². The largest absolute Gasteiger partial charge is 0.477 e. The van der Waals surface area contributed by atoms with Gasteiger partial charge < -0.3 is 10.0 Å². The minimum Gasteiger partial charge on any atom is -0.477 e. The average molecular weight is 321 g/mol. The van der Waals surface area contributed by atoms with Crippen molar-refractivity contribution in [2.24, 2.45) is 0 Å². The summed E-state index contributed by atoms with van der Waals surface area (Å²) in [7, 11) is 0. The zero-order valence-corrected chi connectivity index (χ0v) is 13.2. The van der Waals surface area contributed by atoms with Crippen LogP contribution >= 0.6 is 23.1 Å². The molecule has 1 N–H and O–H groups in total. The summed E-state index contributed by atoms with van der Waals surface area (Å²) in [6, 6.07) is 2.13. The second-order valence-corrected chi connectivity index (χ2v) is 6.97. The van der Waals surface area contributed by atoms with Crippen LogP contribution in [-0.4, -0.2) is 33.3 Å². The van der Waals surface area contributed by atoms with Gasteiger partial charge in [-0.3, -0.25) is 0 Å². The molecule has 110 valence electrons. The molecule has 0 bridgehead atoms. The summed E-state index contributed by atoms with van der Waals surface area (Å²) >= 11 is 3.05. The highest BCUT2D eigenvalue weighted by Crippen LogP contribution is 2.33. The Kier molecular flexibility index (Phi) is 4.12. The number of carbonyl (C=O) groups is 1. The number of carboxylic acids is 1. The van der Waals surface area contributed by atoms with Gasteiger partial charge in [0.1, 0.15) is 21.9 Å². The Morgan fingerprint density at radius 2 is 2.33 bits per heavy atom. The molecule has 0 radical (unpaired) electrons. The molecule has 0 amide bonds. The number of nitrogens with zero attached hydrogens (tertiary/aromatic N) is 3. The van der Waals surface area contributed by atoms with E-state index in [1.807, 2.05) is 4.90 Å². The van der Waals surface area contributed by atoms with E-state index in [1.165, 1.54) is 16.6 Å². The number of rotatable bonds is 4. The van der Waals surface area contributed by atoms with Gasteiger partial charge >= 0.3 is 5.97 Å². The van der Waals surface area contributed by atoms with Gasteiger partial charge in [0.15, 0.2) is 0 Å². The van der Waals surface area contributed by atoms with Gasteiger partial charge in [-0.05, 0) is 12.5 Å². The molecular weight excluding hydrogens is 306 g/mol. The van der Waals surface area contributed by atoms with Crippen LogP contribution < -0.4 is 4.90 Å². The molecular formula is C14H15N3O2S2. The number of aromatic nitrogens is 2. The number of aryl methyl sites for hydroxylation is 1. The topological polar surface area (TPSA) is 66.3 Å². The van der Waals surface area contributed by atoms with Gasteiger partial charge in [-0.2, -0.15) is 0 Å². The molecule has 2 aromatic rings. The summed E-state index contributed by atoms with van der Waals surface area (Å²) in [6.45, 7) is 2.91. The van der Waals surface area contributed by atoms with Crippen LogP contribution in [0.15, 0.2) is 23.5 Å². The van der Waals surface area contributed by atoms with Crippen molar-refractivity contribution in [1.82, 2.24) is 9.97 Å². The first kappa shape index (κ1) is 14.3. The van der Waals surface area contributed by atoms with Crippen molar-refractivity contribution in [3.63, 3.8) is 0 Å². The summed E-state index contributed by atoms with van der Waals surface area (Å²) in [5.41, 5.74) is 0. The SMILES string of the molecule is CCCc1cc2c(N3C=C(C(=O)O)SCC3)ncnc2s1. The maximum Gasteiger partial charge on any atom is 0.343 e. The van der Waals surface area contributed by atoms with Gasteiger partial charge in [0.2, 0.25) is 0 Å². The van der Waals surface area contributed by atoms with Gasteiger partial charge in [0.25, 0.3) is 0 Å². The second kappa shape index (κ2) is 6.03. The molecule has 5 nitrogen and oxygen atoms in total. The van der Waals surface area contributed by atoms with E-state index in [9.17, 15) is 4.79 Å². The molecule has 7 heteroatoms. The first-order chi connectivity index (χ1) is 10.2. The molecule has 1 aliphatic rings. The predicted molar refractivity (Wildman–Crippen MR) is 86.9 cm³/mol. The van der Waals surface area contributed by atoms with E-state index in [0.29, 0.717) is 4.91 Å². The molecule has 0 unspecified atom stereocenters. The number of hydrogen-bond donors (Lipinski definition) is 1. The van der Waals surface area contributed by atoms with E-state index < -0.39 is 5.97 Å². The molecule has 1 aliphatic heterocycles. The highest BCUT2D eigenvalue weighted by molar-refractivity contribution is 8.04. The molecule has 0 saturated heterocycles.